The molecule has 1 atom stereocenters. The van der Waals surface area contributed by atoms with Gasteiger partial charge in [0.05, 0.1) is 32.8 Å². The van der Waals surface area contributed by atoms with E-state index in [9.17, 15) is 19.7 Å². The number of halogens is 1. The lowest BCUT2D eigenvalue weighted by molar-refractivity contribution is -0.384. The third-order valence-corrected chi connectivity index (χ3v) is 8.64. The molecule has 1 aliphatic carbocycles. The number of fused-ring (bicyclic) bond motifs is 3. The minimum atomic E-state index is -0.538. The molecule has 0 spiro atoms. The molecule has 0 bridgehead atoms. The Labute approximate surface area is 246 Å². The Morgan fingerprint density at radius 1 is 1.17 bits per heavy atom. The van der Waals surface area contributed by atoms with Crippen LogP contribution in [-0.4, -0.2) is 22.6 Å². The molecule has 0 saturated heterocycles. The van der Waals surface area contributed by atoms with Gasteiger partial charge in [0.15, 0.2) is 16.3 Å². The molecule has 0 N–H and O–H groups in total. The quantitative estimate of drug-likeness (QED) is 0.134. The number of hydrogen-bond donors (Lipinski definition) is 0. The number of carbonyl (C=O) groups is 1. The predicted octanol–water partition coefficient (Wildman–Crippen LogP) is 4.92. The second kappa shape index (κ2) is 10.6. The molecule has 0 fully saturated rings. The van der Waals surface area contributed by atoms with E-state index in [1.165, 1.54) is 43.1 Å². The van der Waals surface area contributed by atoms with Crippen LogP contribution in [0.4, 0.5) is 5.69 Å². The first-order valence-corrected chi connectivity index (χ1v) is 14.3. The van der Waals surface area contributed by atoms with Crippen LogP contribution in [0.2, 0.25) is 0 Å². The van der Waals surface area contributed by atoms with Gasteiger partial charge in [-0.1, -0.05) is 47.7 Å². The fraction of sp³-hybridized carbons (Fsp3) is 0.167. The molecule has 41 heavy (non-hydrogen) atoms. The van der Waals surface area contributed by atoms with E-state index in [0.29, 0.717) is 37.1 Å². The molecule has 0 saturated carbocycles. The molecule has 2 heterocycles. The van der Waals surface area contributed by atoms with Crippen LogP contribution in [0.25, 0.3) is 11.8 Å². The number of allylic oxidation sites excluding steroid dienone is 1. The Morgan fingerprint density at radius 3 is 2.73 bits per heavy atom. The highest BCUT2D eigenvalue weighted by Gasteiger charge is 2.33. The number of aromatic nitrogens is 1. The Morgan fingerprint density at radius 2 is 1.98 bits per heavy atom. The number of non-ortho nitro benzene ring substituents is 1. The van der Waals surface area contributed by atoms with E-state index in [-0.39, 0.29) is 17.0 Å². The van der Waals surface area contributed by atoms with Gasteiger partial charge in [0.25, 0.3) is 11.2 Å². The molecule has 6 rings (SSSR count). The molecule has 2 aliphatic rings. The number of carbonyl (C=O) groups excluding carboxylic acids is 1. The number of thiazole rings is 1. The Kier molecular flexibility index (Phi) is 6.92. The number of methoxy groups -OCH3 is 1. The SMILES string of the molecule is COc1cc(/C=c2/sc3n(c2=O)[C@@H](c2cccc([N+](=O)[O-])c2)C2=C(N=3)c3ccccc3CC2)cc(Br)c1OC(C)=O. The largest absolute Gasteiger partial charge is 0.493 e. The van der Waals surface area contributed by atoms with Crippen molar-refractivity contribution >= 4 is 50.7 Å². The average Bonchev–Trinajstić information content (AvgIpc) is 3.27. The zero-order chi connectivity index (χ0) is 28.8. The van der Waals surface area contributed by atoms with E-state index < -0.39 is 16.9 Å². The molecular formula is C30H22BrN3O6S. The van der Waals surface area contributed by atoms with Gasteiger partial charge in [0.2, 0.25) is 0 Å². The summed E-state index contributed by atoms with van der Waals surface area (Å²) in [7, 11) is 1.47. The Hall–Kier alpha value is -4.35. The maximum atomic E-state index is 14.0. The summed E-state index contributed by atoms with van der Waals surface area (Å²) in [5.41, 5.74) is 4.97. The van der Waals surface area contributed by atoms with Gasteiger partial charge in [0, 0.05) is 24.6 Å². The van der Waals surface area contributed by atoms with Crippen molar-refractivity contribution in [3.05, 3.63) is 123 Å². The molecule has 1 aromatic heterocycles. The number of benzene rings is 3. The molecule has 0 radical (unpaired) electrons. The number of hydrogen-bond acceptors (Lipinski definition) is 8. The molecular weight excluding hydrogens is 610 g/mol. The monoisotopic (exact) mass is 631 g/mol. The summed E-state index contributed by atoms with van der Waals surface area (Å²) in [6.45, 7) is 1.30. The van der Waals surface area contributed by atoms with Crippen LogP contribution in [0.15, 0.2) is 80.5 Å². The zero-order valence-corrected chi connectivity index (χ0v) is 24.3. The summed E-state index contributed by atoms with van der Waals surface area (Å²) >= 11 is 4.68. The van der Waals surface area contributed by atoms with Gasteiger partial charge >= 0.3 is 5.97 Å². The Balaban J connectivity index is 1.58. The first-order chi connectivity index (χ1) is 19.7. The summed E-state index contributed by atoms with van der Waals surface area (Å²) in [5, 5.41) is 11.6. The summed E-state index contributed by atoms with van der Waals surface area (Å²) in [5.74, 6) is 0.0857. The fourth-order valence-electron chi connectivity index (χ4n) is 5.35. The van der Waals surface area contributed by atoms with Gasteiger partial charge in [0.1, 0.15) is 0 Å². The third-order valence-electron chi connectivity index (χ3n) is 7.07. The van der Waals surface area contributed by atoms with Crippen molar-refractivity contribution in [2.24, 2.45) is 4.99 Å². The normalized spacial score (nSPS) is 15.9. The summed E-state index contributed by atoms with van der Waals surface area (Å²) in [6, 6.07) is 17.4. The van der Waals surface area contributed by atoms with Crippen molar-refractivity contribution in [1.29, 1.82) is 0 Å². The summed E-state index contributed by atoms with van der Waals surface area (Å²) in [6.07, 6.45) is 3.19. The van der Waals surface area contributed by atoms with Crippen LogP contribution in [0.5, 0.6) is 11.5 Å². The first-order valence-electron chi connectivity index (χ1n) is 12.7. The first kappa shape index (κ1) is 26.9. The van der Waals surface area contributed by atoms with Crippen LogP contribution in [0.3, 0.4) is 0 Å². The van der Waals surface area contributed by atoms with Crippen molar-refractivity contribution in [2.45, 2.75) is 25.8 Å². The fourth-order valence-corrected chi connectivity index (χ4v) is 6.89. The molecule has 0 amide bonds. The lowest BCUT2D eigenvalue weighted by Gasteiger charge is -2.30. The van der Waals surface area contributed by atoms with Crippen molar-refractivity contribution in [3.63, 3.8) is 0 Å². The molecule has 206 valence electrons. The number of rotatable bonds is 5. The lowest BCUT2D eigenvalue weighted by atomic mass is 9.83. The minimum Gasteiger partial charge on any atom is -0.493 e. The van der Waals surface area contributed by atoms with Crippen LogP contribution in [0, 0.1) is 10.1 Å². The summed E-state index contributed by atoms with van der Waals surface area (Å²) in [4.78, 5) is 42.3. The lowest BCUT2D eigenvalue weighted by Crippen LogP contribution is -2.38. The highest BCUT2D eigenvalue weighted by molar-refractivity contribution is 9.10. The van der Waals surface area contributed by atoms with Gasteiger partial charge < -0.3 is 9.47 Å². The third kappa shape index (κ3) is 4.81. The second-order valence-corrected chi connectivity index (χ2v) is 11.5. The maximum Gasteiger partial charge on any atom is 0.308 e. The van der Waals surface area contributed by atoms with Crippen LogP contribution < -0.4 is 24.4 Å². The standard InChI is InChI=1S/C30H22BrN3O6S/c1-16(35)40-28-23(31)12-17(13-24(28)39-2)14-25-29(36)33-27(19-7-5-8-20(15-19)34(37)38)22-11-10-18-6-3-4-9-21(18)26(22)32-30(33)41-25/h3-9,12-15,27H,10-11H2,1-2H3/b25-14+/t27-/m0/s1. The van der Waals surface area contributed by atoms with Crippen molar-refractivity contribution in [2.75, 3.05) is 7.11 Å². The van der Waals surface area contributed by atoms with Gasteiger partial charge in [-0.05, 0) is 69.2 Å². The van der Waals surface area contributed by atoms with Crippen LogP contribution in [0.1, 0.15) is 41.6 Å². The number of aryl methyl sites for hydroxylation is 1. The topological polar surface area (TPSA) is 113 Å². The minimum absolute atomic E-state index is 0.0372. The van der Waals surface area contributed by atoms with Crippen LogP contribution >= 0.6 is 27.3 Å². The van der Waals surface area contributed by atoms with Crippen molar-refractivity contribution in [3.8, 4) is 11.5 Å². The molecule has 3 aromatic carbocycles. The number of nitrogens with zero attached hydrogens (tertiary/aromatic N) is 3. The maximum absolute atomic E-state index is 14.0. The van der Waals surface area contributed by atoms with Crippen LogP contribution in [-0.2, 0) is 11.2 Å². The van der Waals surface area contributed by atoms with Crippen molar-refractivity contribution in [1.82, 2.24) is 4.57 Å². The number of nitro groups is 1. The molecule has 1 aliphatic heterocycles. The van der Waals surface area contributed by atoms with E-state index in [1.54, 1.807) is 28.8 Å². The number of esters is 1. The Bertz CT molecular complexity index is 1980. The molecule has 4 aromatic rings. The van der Waals surface area contributed by atoms with E-state index in [1.807, 2.05) is 24.3 Å². The van der Waals surface area contributed by atoms with Crippen molar-refractivity contribution < 1.29 is 19.2 Å². The van der Waals surface area contributed by atoms with E-state index in [2.05, 4.69) is 22.0 Å². The van der Waals surface area contributed by atoms with E-state index in [4.69, 9.17) is 14.5 Å². The highest BCUT2D eigenvalue weighted by atomic mass is 79.9. The number of ether oxygens (including phenoxy) is 2. The molecule has 9 nitrogen and oxygen atoms in total. The van der Waals surface area contributed by atoms with E-state index >= 15 is 0 Å². The average molecular weight is 632 g/mol. The van der Waals surface area contributed by atoms with Gasteiger partial charge in [-0.3, -0.25) is 24.3 Å². The zero-order valence-electron chi connectivity index (χ0n) is 21.9. The van der Waals surface area contributed by atoms with Gasteiger partial charge in [-0.25, -0.2) is 4.99 Å². The van der Waals surface area contributed by atoms with E-state index in [0.717, 1.165) is 23.3 Å². The van der Waals surface area contributed by atoms with Gasteiger partial charge in [-0.2, -0.15) is 0 Å². The summed E-state index contributed by atoms with van der Waals surface area (Å²) < 4.78 is 13.3. The molecule has 0 unspecified atom stereocenters. The smallest absolute Gasteiger partial charge is 0.308 e. The highest BCUT2D eigenvalue weighted by Crippen LogP contribution is 2.42. The molecule has 11 heteroatoms. The number of nitro benzene ring substituents is 1. The predicted molar refractivity (Wildman–Crippen MR) is 158 cm³/mol. The second-order valence-electron chi connectivity index (χ2n) is 9.59. The van der Waals surface area contributed by atoms with Gasteiger partial charge in [-0.15, -0.1) is 0 Å².